The summed E-state index contributed by atoms with van der Waals surface area (Å²) in [5.41, 5.74) is -0.0310. The van der Waals surface area contributed by atoms with Gasteiger partial charge in [0.1, 0.15) is 0 Å². The van der Waals surface area contributed by atoms with E-state index in [0.29, 0.717) is 0 Å². The summed E-state index contributed by atoms with van der Waals surface area (Å²) in [5.74, 6) is 0. The van der Waals surface area contributed by atoms with Gasteiger partial charge in [0.2, 0.25) is 0 Å². The van der Waals surface area contributed by atoms with Crippen LogP contribution in [0.4, 0.5) is 0 Å². The topological polar surface area (TPSA) is 6.48 Å². The Morgan fingerprint density at radius 3 is 1.38 bits per heavy atom. The Morgan fingerprint density at radius 2 is 1.03 bits per heavy atom. The fourth-order valence-corrected chi connectivity index (χ4v) is 4.71. The third-order valence-electron chi connectivity index (χ3n) is 6.84. The van der Waals surface area contributed by atoms with Crippen LogP contribution in [0.15, 0.2) is 12.7 Å². The molecule has 0 unspecified atom stereocenters. The van der Waals surface area contributed by atoms with Crippen LogP contribution in [-0.4, -0.2) is 32.0 Å². The van der Waals surface area contributed by atoms with E-state index in [2.05, 4.69) is 78.4 Å². The smallest absolute Gasteiger partial charge is 0.0553 e. The summed E-state index contributed by atoms with van der Waals surface area (Å²) in [4.78, 5) is 2.57. The lowest BCUT2D eigenvalue weighted by Gasteiger charge is -2.50. The second kappa shape index (κ2) is 17.2. The van der Waals surface area contributed by atoms with Gasteiger partial charge in [-0.15, -0.1) is 6.58 Å². The minimum Gasteiger partial charge on any atom is -0.293 e. The van der Waals surface area contributed by atoms with E-state index in [1.165, 1.54) is 89.9 Å². The molecule has 0 aliphatic carbocycles. The van der Waals surface area contributed by atoms with E-state index in [9.17, 15) is 0 Å². The van der Waals surface area contributed by atoms with Crippen LogP contribution in [0.3, 0.4) is 0 Å². The summed E-state index contributed by atoms with van der Waals surface area (Å²) in [5, 5.41) is 0. The minimum atomic E-state index is -0.0496. The van der Waals surface area contributed by atoms with Crippen molar-refractivity contribution in [2.75, 3.05) is 13.1 Å². The van der Waals surface area contributed by atoms with Crippen molar-refractivity contribution < 1.29 is 0 Å². The predicted octanol–water partition coefficient (Wildman–Crippen LogP) is 9.43. The van der Waals surface area contributed by atoms with Crippen LogP contribution in [0.1, 0.15) is 125 Å². The summed E-state index contributed by atoms with van der Waals surface area (Å²) in [6.07, 6.45) is 21.8. The molecule has 174 valence electrons. The van der Waals surface area contributed by atoms with E-state index in [1.54, 1.807) is 0 Å². The maximum Gasteiger partial charge on any atom is 0.0553 e. The molecule has 0 saturated heterocycles. The molecule has 0 aromatic heterocycles. The number of nitrogens with zero attached hydrogens (tertiary/aromatic N) is 2. The highest BCUT2D eigenvalue weighted by Crippen LogP contribution is 2.37. The maximum absolute atomic E-state index is 3.98. The SMILES string of the molecule is C=CCN(CCCCCCCCCCCCCCCC)C(C)(C)C(C)(C)N(Br)Br. The van der Waals surface area contributed by atoms with Crippen LogP contribution in [0, 0.1) is 0 Å². The van der Waals surface area contributed by atoms with E-state index < -0.39 is 0 Å². The standard InChI is InChI=1S/C25H50Br2N2/c1-7-9-10-11-12-13-14-15-16-17-18-19-20-21-23-28(22-8-2)24(3,4)25(5,6)29(26)27/h8H,2,7,9-23H2,1,3-6H3. The molecule has 2 nitrogen and oxygen atoms in total. The molecule has 0 heterocycles. The number of hydrogen-bond donors (Lipinski definition) is 0. The molecular formula is C25H50Br2N2. The van der Waals surface area contributed by atoms with E-state index >= 15 is 0 Å². The van der Waals surface area contributed by atoms with Crippen LogP contribution < -0.4 is 0 Å². The quantitative estimate of drug-likeness (QED) is 0.0866. The van der Waals surface area contributed by atoms with E-state index in [0.717, 1.165) is 13.1 Å². The summed E-state index contributed by atoms with van der Waals surface area (Å²) in [6.45, 7) is 17.5. The molecule has 0 saturated carbocycles. The molecule has 0 atom stereocenters. The number of unbranched alkanes of at least 4 members (excludes halogenated alkanes) is 13. The van der Waals surface area contributed by atoms with Gasteiger partial charge in [0.25, 0.3) is 0 Å². The molecule has 0 rings (SSSR count). The van der Waals surface area contributed by atoms with Crippen molar-refractivity contribution >= 4 is 32.3 Å². The average Bonchev–Trinajstić information content (AvgIpc) is 2.66. The normalized spacial score (nSPS) is 12.9. The number of rotatable bonds is 20. The third-order valence-corrected chi connectivity index (χ3v) is 8.61. The highest BCUT2D eigenvalue weighted by molar-refractivity contribution is 9.21. The second-order valence-corrected chi connectivity index (χ2v) is 12.1. The van der Waals surface area contributed by atoms with Crippen LogP contribution in [0.5, 0.6) is 0 Å². The largest absolute Gasteiger partial charge is 0.293 e. The lowest BCUT2D eigenvalue weighted by molar-refractivity contribution is 0.0413. The average molecular weight is 538 g/mol. The van der Waals surface area contributed by atoms with Gasteiger partial charge in [-0.1, -0.05) is 96.5 Å². The molecule has 0 spiro atoms. The minimum absolute atomic E-state index is 0.0186. The third kappa shape index (κ3) is 12.3. The van der Waals surface area contributed by atoms with Crippen molar-refractivity contribution in [2.24, 2.45) is 0 Å². The molecule has 0 N–H and O–H groups in total. The zero-order valence-corrected chi connectivity index (χ0v) is 23.4. The van der Waals surface area contributed by atoms with Gasteiger partial charge in [-0.3, -0.25) is 4.90 Å². The molecule has 0 fully saturated rings. The number of halogens is 2. The first-order chi connectivity index (χ1) is 13.7. The summed E-state index contributed by atoms with van der Waals surface area (Å²) in [6, 6.07) is 0. The summed E-state index contributed by atoms with van der Waals surface area (Å²) in [7, 11) is 0. The van der Waals surface area contributed by atoms with E-state index in [-0.39, 0.29) is 11.1 Å². The van der Waals surface area contributed by atoms with E-state index in [1.807, 2.05) is 9.03 Å². The predicted molar refractivity (Wildman–Crippen MR) is 140 cm³/mol. The zero-order valence-electron chi connectivity index (χ0n) is 20.2. The van der Waals surface area contributed by atoms with Crippen molar-refractivity contribution in [3.63, 3.8) is 0 Å². The first-order valence-corrected chi connectivity index (χ1v) is 13.6. The molecule has 0 aliphatic rings. The van der Waals surface area contributed by atoms with Crippen molar-refractivity contribution in [3.05, 3.63) is 12.7 Å². The van der Waals surface area contributed by atoms with Gasteiger partial charge in [-0.2, -0.15) is 2.95 Å². The Morgan fingerprint density at radius 1 is 0.655 bits per heavy atom. The van der Waals surface area contributed by atoms with Crippen LogP contribution in [0.25, 0.3) is 0 Å². The first-order valence-electron chi connectivity index (χ1n) is 12.2. The molecule has 0 radical (unpaired) electrons. The summed E-state index contributed by atoms with van der Waals surface area (Å²) < 4.78 is 1.98. The van der Waals surface area contributed by atoms with Gasteiger partial charge in [-0.05, 0) is 40.7 Å². The molecule has 0 aromatic rings. The molecular weight excluding hydrogens is 488 g/mol. The zero-order chi connectivity index (χ0) is 22.2. The lowest BCUT2D eigenvalue weighted by atomic mass is 9.81. The Balaban J connectivity index is 3.87. The van der Waals surface area contributed by atoms with Gasteiger partial charge in [-0.25, -0.2) is 0 Å². The number of hydrogen-bond acceptors (Lipinski definition) is 2. The van der Waals surface area contributed by atoms with E-state index in [4.69, 9.17) is 0 Å². The van der Waals surface area contributed by atoms with Crippen molar-refractivity contribution in [2.45, 2.75) is 136 Å². The van der Waals surface area contributed by atoms with Crippen LogP contribution >= 0.6 is 32.3 Å². The second-order valence-electron chi connectivity index (χ2n) is 9.68. The van der Waals surface area contributed by atoms with Gasteiger partial charge < -0.3 is 0 Å². The molecule has 4 heteroatoms. The molecule has 0 bridgehead atoms. The van der Waals surface area contributed by atoms with Gasteiger partial charge in [0, 0.05) is 44.4 Å². The van der Waals surface area contributed by atoms with Gasteiger partial charge >= 0.3 is 0 Å². The van der Waals surface area contributed by atoms with Crippen molar-refractivity contribution in [1.29, 1.82) is 0 Å². The molecule has 0 amide bonds. The fraction of sp³-hybridized carbons (Fsp3) is 0.920. The molecule has 0 aliphatic heterocycles. The highest BCUT2D eigenvalue weighted by atomic mass is 79.9. The van der Waals surface area contributed by atoms with Crippen molar-refractivity contribution in [1.82, 2.24) is 7.85 Å². The maximum atomic E-state index is 3.98. The Bertz CT molecular complexity index is 394. The fourth-order valence-electron chi connectivity index (χ4n) is 3.85. The Hall–Kier alpha value is 0.620. The van der Waals surface area contributed by atoms with Crippen LogP contribution in [0.2, 0.25) is 0 Å². The lowest BCUT2D eigenvalue weighted by Crippen LogP contribution is -2.61. The Labute approximate surface area is 200 Å². The van der Waals surface area contributed by atoms with Crippen LogP contribution in [-0.2, 0) is 0 Å². The summed E-state index contributed by atoms with van der Waals surface area (Å²) >= 11 is 7.19. The molecule has 0 aromatic carbocycles. The molecule has 29 heavy (non-hydrogen) atoms. The van der Waals surface area contributed by atoms with Crippen molar-refractivity contribution in [3.8, 4) is 0 Å². The monoisotopic (exact) mass is 536 g/mol. The van der Waals surface area contributed by atoms with Gasteiger partial charge in [0.05, 0.1) is 5.54 Å². The van der Waals surface area contributed by atoms with Gasteiger partial charge in [0.15, 0.2) is 0 Å². The highest BCUT2D eigenvalue weighted by Gasteiger charge is 2.44. The first kappa shape index (κ1) is 29.6. The Kier molecular flexibility index (Phi) is 17.6.